The van der Waals surface area contributed by atoms with Crippen LogP contribution in [0.2, 0.25) is 0 Å². The maximum atomic E-state index is 12.2. The van der Waals surface area contributed by atoms with Gasteiger partial charge in [-0.05, 0) is 38.3 Å². The molecule has 1 amide bonds. The summed E-state index contributed by atoms with van der Waals surface area (Å²) in [6, 6.07) is 8.23. The summed E-state index contributed by atoms with van der Waals surface area (Å²) in [5, 5.41) is 0. The van der Waals surface area contributed by atoms with Crippen LogP contribution < -0.4 is 0 Å². The van der Waals surface area contributed by atoms with Gasteiger partial charge in [-0.2, -0.15) is 0 Å². The van der Waals surface area contributed by atoms with E-state index in [9.17, 15) is 4.79 Å². The molecule has 0 saturated carbocycles. The first-order valence-electron chi connectivity index (χ1n) is 6.65. The second kappa shape index (κ2) is 5.47. The number of ether oxygens (including phenoxy) is 1. The molecule has 19 heavy (non-hydrogen) atoms. The summed E-state index contributed by atoms with van der Waals surface area (Å²) < 4.78 is 5.44. The second-order valence-corrected chi connectivity index (χ2v) is 5.81. The molecule has 102 valence electrons. The summed E-state index contributed by atoms with van der Waals surface area (Å²) in [5.74, 6) is 0. The summed E-state index contributed by atoms with van der Waals surface area (Å²) in [4.78, 5) is 13.9. The smallest absolute Gasteiger partial charge is 0.410 e. The van der Waals surface area contributed by atoms with E-state index >= 15 is 0 Å². The monoisotopic (exact) mass is 259 g/mol. The molecule has 0 atom stereocenters. The van der Waals surface area contributed by atoms with Gasteiger partial charge in [0.25, 0.3) is 0 Å². The van der Waals surface area contributed by atoms with Gasteiger partial charge >= 0.3 is 6.09 Å². The van der Waals surface area contributed by atoms with Crippen LogP contribution in [0.15, 0.2) is 36.4 Å². The van der Waals surface area contributed by atoms with Crippen LogP contribution in [0, 0.1) is 0 Å². The average molecular weight is 259 g/mol. The van der Waals surface area contributed by atoms with E-state index in [1.807, 2.05) is 39.0 Å². The topological polar surface area (TPSA) is 29.5 Å². The van der Waals surface area contributed by atoms with Crippen molar-refractivity contribution >= 4 is 6.09 Å². The Morgan fingerprint density at radius 3 is 2.53 bits per heavy atom. The van der Waals surface area contributed by atoms with E-state index in [0.29, 0.717) is 13.1 Å². The van der Waals surface area contributed by atoms with Crippen molar-refractivity contribution in [2.75, 3.05) is 6.54 Å². The number of hydrogen-bond donors (Lipinski definition) is 0. The molecule has 0 radical (unpaired) electrons. The number of carbonyl (C=O) groups excluding carboxylic acids is 1. The third-order valence-electron chi connectivity index (χ3n) is 2.96. The van der Waals surface area contributed by atoms with Gasteiger partial charge in [-0.25, -0.2) is 4.79 Å². The van der Waals surface area contributed by atoms with Gasteiger partial charge in [-0.1, -0.05) is 36.4 Å². The number of fused-ring (bicyclic) bond motifs is 1. The highest BCUT2D eigenvalue weighted by atomic mass is 16.6. The molecule has 1 aromatic carbocycles. The Hall–Kier alpha value is -1.77. The van der Waals surface area contributed by atoms with Crippen molar-refractivity contribution in [2.24, 2.45) is 0 Å². The molecule has 0 unspecified atom stereocenters. The Morgan fingerprint density at radius 1 is 1.16 bits per heavy atom. The number of nitrogens with zero attached hydrogens (tertiary/aromatic N) is 1. The van der Waals surface area contributed by atoms with Crippen LogP contribution in [0.25, 0.3) is 0 Å². The minimum atomic E-state index is -0.456. The maximum absolute atomic E-state index is 12.2. The van der Waals surface area contributed by atoms with Crippen molar-refractivity contribution in [3.05, 3.63) is 47.5 Å². The zero-order valence-electron chi connectivity index (χ0n) is 11.8. The minimum Gasteiger partial charge on any atom is -0.444 e. The molecule has 0 aromatic heterocycles. The molecule has 1 aliphatic heterocycles. The predicted octanol–water partition coefficient (Wildman–Crippen LogP) is 3.54. The Kier molecular flexibility index (Phi) is 3.93. The zero-order valence-corrected chi connectivity index (χ0v) is 11.8. The van der Waals surface area contributed by atoms with Gasteiger partial charge in [0.2, 0.25) is 0 Å². The fourth-order valence-corrected chi connectivity index (χ4v) is 2.06. The highest BCUT2D eigenvalue weighted by Crippen LogP contribution is 2.17. The quantitative estimate of drug-likeness (QED) is 0.667. The van der Waals surface area contributed by atoms with Crippen LogP contribution in [0.5, 0.6) is 0 Å². The van der Waals surface area contributed by atoms with Crippen LogP contribution in [-0.4, -0.2) is 23.1 Å². The van der Waals surface area contributed by atoms with Gasteiger partial charge in [-0.3, -0.25) is 0 Å². The molecule has 1 heterocycles. The molecular weight excluding hydrogens is 238 g/mol. The molecule has 1 aromatic rings. The van der Waals surface area contributed by atoms with Crippen molar-refractivity contribution < 1.29 is 9.53 Å². The van der Waals surface area contributed by atoms with E-state index in [-0.39, 0.29) is 6.09 Å². The molecule has 3 nitrogen and oxygen atoms in total. The largest absolute Gasteiger partial charge is 0.444 e. The number of hydrogen-bond acceptors (Lipinski definition) is 2. The van der Waals surface area contributed by atoms with Crippen molar-refractivity contribution in [1.29, 1.82) is 0 Å². The lowest BCUT2D eigenvalue weighted by Gasteiger charge is -2.28. The number of carbonyl (C=O) groups is 1. The summed E-state index contributed by atoms with van der Waals surface area (Å²) in [6.07, 6.45) is 4.81. The molecule has 0 fully saturated rings. The third kappa shape index (κ3) is 3.85. The van der Waals surface area contributed by atoms with Crippen LogP contribution in [0.1, 0.15) is 31.9 Å². The summed E-state index contributed by atoms with van der Waals surface area (Å²) >= 11 is 0. The number of amides is 1. The highest BCUT2D eigenvalue weighted by molar-refractivity contribution is 5.68. The van der Waals surface area contributed by atoms with Gasteiger partial charge in [-0.15, -0.1) is 0 Å². The fraction of sp³-hybridized carbons (Fsp3) is 0.438. The molecule has 1 aliphatic rings. The molecule has 0 aliphatic carbocycles. The van der Waals surface area contributed by atoms with Crippen LogP contribution >= 0.6 is 0 Å². The van der Waals surface area contributed by atoms with Gasteiger partial charge in [0.05, 0.1) is 0 Å². The first-order chi connectivity index (χ1) is 8.96. The van der Waals surface area contributed by atoms with Crippen molar-refractivity contribution in [3.63, 3.8) is 0 Å². The lowest BCUT2D eigenvalue weighted by Crippen LogP contribution is -2.37. The lowest BCUT2D eigenvalue weighted by atomic mass is 10.0. The van der Waals surface area contributed by atoms with E-state index in [2.05, 4.69) is 18.2 Å². The Bertz CT molecular complexity index is 486. The zero-order chi connectivity index (χ0) is 13.9. The summed E-state index contributed by atoms with van der Waals surface area (Å²) in [7, 11) is 0. The van der Waals surface area contributed by atoms with E-state index in [1.54, 1.807) is 4.90 Å². The van der Waals surface area contributed by atoms with E-state index in [0.717, 1.165) is 6.42 Å². The van der Waals surface area contributed by atoms with E-state index < -0.39 is 5.60 Å². The Balaban J connectivity index is 2.17. The predicted molar refractivity (Wildman–Crippen MR) is 75.9 cm³/mol. The molecule has 0 bridgehead atoms. The molecule has 0 saturated heterocycles. The molecule has 0 spiro atoms. The Morgan fingerprint density at radius 2 is 1.84 bits per heavy atom. The summed E-state index contributed by atoms with van der Waals surface area (Å²) in [6.45, 7) is 6.87. The maximum Gasteiger partial charge on any atom is 0.410 e. The molecule has 2 rings (SSSR count). The second-order valence-electron chi connectivity index (χ2n) is 5.81. The normalized spacial score (nSPS) is 17.1. The average Bonchev–Trinajstić information content (AvgIpc) is 2.27. The Labute approximate surface area is 114 Å². The number of rotatable bonds is 0. The van der Waals surface area contributed by atoms with Crippen molar-refractivity contribution in [1.82, 2.24) is 4.90 Å². The van der Waals surface area contributed by atoms with Crippen LogP contribution in [-0.2, 0) is 17.7 Å². The van der Waals surface area contributed by atoms with Crippen molar-refractivity contribution in [2.45, 2.75) is 39.3 Å². The standard InChI is InChI=1S/C16H21NO2/c1-16(2,3)19-15(18)17-11-7-6-9-13-8-4-5-10-14(13)12-17/h4-8,10H,9,11-12H2,1-3H3/b7-6-. The number of benzene rings is 1. The first kappa shape index (κ1) is 13.7. The summed E-state index contributed by atoms with van der Waals surface area (Å²) in [5.41, 5.74) is 2.01. The third-order valence-corrected chi connectivity index (χ3v) is 2.96. The minimum absolute atomic E-state index is 0.256. The fourth-order valence-electron chi connectivity index (χ4n) is 2.06. The van der Waals surface area contributed by atoms with E-state index in [4.69, 9.17) is 4.74 Å². The van der Waals surface area contributed by atoms with Crippen molar-refractivity contribution in [3.8, 4) is 0 Å². The van der Waals surface area contributed by atoms with Crippen LogP contribution in [0.3, 0.4) is 0 Å². The lowest BCUT2D eigenvalue weighted by molar-refractivity contribution is 0.0255. The SMILES string of the molecule is CC(C)(C)OC(=O)N1C/C=C\Cc2ccccc2C1. The number of allylic oxidation sites excluding steroid dienone is 1. The van der Waals surface area contributed by atoms with Gasteiger partial charge in [0.1, 0.15) is 5.60 Å². The van der Waals surface area contributed by atoms with E-state index in [1.165, 1.54) is 11.1 Å². The molecular formula is C16H21NO2. The molecule has 3 heteroatoms. The van der Waals surface area contributed by atoms with Gasteiger partial charge in [0, 0.05) is 13.1 Å². The van der Waals surface area contributed by atoms with Crippen LogP contribution in [0.4, 0.5) is 4.79 Å². The van der Waals surface area contributed by atoms with Gasteiger partial charge < -0.3 is 9.64 Å². The first-order valence-corrected chi connectivity index (χ1v) is 6.65. The van der Waals surface area contributed by atoms with Gasteiger partial charge in [0.15, 0.2) is 0 Å². The molecule has 0 N–H and O–H groups in total. The highest BCUT2D eigenvalue weighted by Gasteiger charge is 2.22.